The van der Waals surface area contributed by atoms with Gasteiger partial charge in [0.25, 0.3) is 0 Å². The summed E-state index contributed by atoms with van der Waals surface area (Å²) in [5.74, 6) is 2.26. The molecule has 5 rings (SSSR count). The number of benzene rings is 2. The molecule has 1 aliphatic carbocycles. The van der Waals surface area contributed by atoms with Gasteiger partial charge in [0.05, 0.1) is 5.52 Å². The molecule has 0 bridgehead atoms. The van der Waals surface area contributed by atoms with Crippen molar-refractivity contribution in [2.24, 2.45) is 0 Å². The van der Waals surface area contributed by atoms with Crippen molar-refractivity contribution in [3.63, 3.8) is 0 Å². The molecule has 1 N–H and O–H groups in total. The average Bonchev–Trinajstić information content (AvgIpc) is 3.40. The number of fused-ring (bicyclic) bond motifs is 1. The van der Waals surface area contributed by atoms with Crippen molar-refractivity contribution in [1.29, 1.82) is 0 Å². The Morgan fingerprint density at radius 2 is 1.63 bits per heavy atom. The molecule has 2 heterocycles. The number of rotatable bonds is 4. The standard InChI is InChI=1S/C21H19N5S/c1-2-8-14(9-3-1)18-22-17-13-7-6-12-16(17)20(23-18)27-21-24-19(25-26-21)15-10-4-5-11-15/h1-3,6-9,12-13,15H,4-5,10-11H2,(H,24,25,26). The smallest absolute Gasteiger partial charge is 0.214 e. The Kier molecular flexibility index (Phi) is 4.33. The monoisotopic (exact) mass is 373 g/mol. The summed E-state index contributed by atoms with van der Waals surface area (Å²) in [4.78, 5) is 14.3. The molecule has 27 heavy (non-hydrogen) atoms. The number of para-hydroxylation sites is 1. The Morgan fingerprint density at radius 3 is 2.48 bits per heavy atom. The van der Waals surface area contributed by atoms with Gasteiger partial charge in [0, 0.05) is 16.9 Å². The summed E-state index contributed by atoms with van der Waals surface area (Å²) in [6, 6.07) is 18.2. The minimum absolute atomic E-state index is 0.522. The molecule has 5 nitrogen and oxygen atoms in total. The first-order valence-corrected chi connectivity index (χ1v) is 10.1. The van der Waals surface area contributed by atoms with Crippen molar-refractivity contribution < 1.29 is 0 Å². The van der Waals surface area contributed by atoms with Crippen LogP contribution in [0.15, 0.2) is 64.8 Å². The molecule has 2 aromatic carbocycles. The first kappa shape index (κ1) is 16.4. The van der Waals surface area contributed by atoms with E-state index in [4.69, 9.17) is 15.0 Å². The minimum atomic E-state index is 0.522. The molecule has 2 aromatic heterocycles. The maximum absolute atomic E-state index is 4.83. The number of nitrogens with zero attached hydrogens (tertiary/aromatic N) is 4. The normalized spacial score (nSPS) is 14.8. The van der Waals surface area contributed by atoms with Gasteiger partial charge in [-0.1, -0.05) is 61.4 Å². The molecule has 0 unspecified atom stereocenters. The Morgan fingerprint density at radius 1 is 0.852 bits per heavy atom. The second-order valence-corrected chi connectivity index (χ2v) is 7.78. The van der Waals surface area contributed by atoms with Crippen LogP contribution in [0.1, 0.15) is 37.4 Å². The molecule has 0 radical (unpaired) electrons. The zero-order valence-corrected chi connectivity index (χ0v) is 15.6. The topological polar surface area (TPSA) is 67.3 Å². The van der Waals surface area contributed by atoms with Crippen LogP contribution < -0.4 is 0 Å². The SMILES string of the molecule is c1ccc(-c2nc(Sc3n[nH]c(C4CCCC4)n3)c3ccccc3n2)cc1. The third-order valence-corrected chi connectivity index (χ3v) is 5.88. The third kappa shape index (κ3) is 3.32. The highest BCUT2D eigenvalue weighted by Gasteiger charge is 2.21. The van der Waals surface area contributed by atoms with E-state index in [9.17, 15) is 0 Å². The molecule has 134 valence electrons. The molecule has 0 atom stereocenters. The number of nitrogens with one attached hydrogen (secondary N) is 1. The van der Waals surface area contributed by atoms with Gasteiger partial charge in [0.2, 0.25) is 5.16 Å². The molecule has 1 aliphatic rings. The Balaban J connectivity index is 1.53. The van der Waals surface area contributed by atoms with E-state index in [1.54, 1.807) is 0 Å². The number of H-pyrrole nitrogens is 1. The summed E-state index contributed by atoms with van der Waals surface area (Å²) in [6.07, 6.45) is 4.97. The lowest BCUT2D eigenvalue weighted by Crippen LogP contribution is -1.95. The van der Waals surface area contributed by atoms with Crippen LogP contribution in [-0.4, -0.2) is 25.1 Å². The van der Waals surface area contributed by atoms with Gasteiger partial charge in [-0.2, -0.15) is 0 Å². The highest BCUT2D eigenvalue weighted by molar-refractivity contribution is 7.99. The molecular weight excluding hydrogens is 354 g/mol. The lowest BCUT2D eigenvalue weighted by molar-refractivity contribution is 0.671. The van der Waals surface area contributed by atoms with E-state index in [-0.39, 0.29) is 0 Å². The first-order chi connectivity index (χ1) is 13.4. The fourth-order valence-corrected chi connectivity index (χ4v) is 4.44. The number of hydrogen-bond acceptors (Lipinski definition) is 5. The van der Waals surface area contributed by atoms with Crippen LogP contribution in [0.25, 0.3) is 22.3 Å². The van der Waals surface area contributed by atoms with Crippen LogP contribution in [0.2, 0.25) is 0 Å². The van der Waals surface area contributed by atoms with E-state index in [0.717, 1.165) is 38.3 Å². The summed E-state index contributed by atoms with van der Waals surface area (Å²) in [5, 5.41) is 10.2. The van der Waals surface area contributed by atoms with Gasteiger partial charge >= 0.3 is 0 Å². The summed E-state index contributed by atoms with van der Waals surface area (Å²) in [5.41, 5.74) is 1.94. The van der Waals surface area contributed by atoms with Crippen LogP contribution in [0.5, 0.6) is 0 Å². The van der Waals surface area contributed by atoms with E-state index < -0.39 is 0 Å². The fraction of sp³-hybridized carbons (Fsp3) is 0.238. The van der Waals surface area contributed by atoms with Crippen LogP contribution in [0.4, 0.5) is 0 Å². The second kappa shape index (κ2) is 7.12. The van der Waals surface area contributed by atoms with Crippen molar-refractivity contribution in [3.05, 3.63) is 60.4 Å². The molecule has 0 spiro atoms. The van der Waals surface area contributed by atoms with E-state index in [0.29, 0.717) is 5.92 Å². The summed E-state index contributed by atoms with van der Waals surface area (Å²) in [6.45, 7) is 0. The number of hydrogen-bond donors (Lipinski definition) is 1. The largest absolute Gasteiger partial charge is 0.262 e. The van der Waals surface area contributed by atoms with Crippen molar-refractivity contribution in [3.8, 4) is 11.4 Å². The molecule has 6 heteroatoms. The average molecular weight is 373 g/mol. The van der Waals surface area contributed by atoms with E-state index in [1.165, 1.54) is 37.4 Å². The van der Waals surface area contributed by atoms with Crippen LogP contribution in [-0.2, 0) is 0 Å². The number of aromatic amines is 1. The summed E-state index contributed by atoms with van der Waals surface area (Å²) in [7, 11) is 0. The minimum Gasteiger partial charge on any atom is -0.262 e. The maximum Gasteiger partial charge on any atom is 0.214 e. The second-order valence-electron chi connectivity index (χ2n) is 6.82. The Labute approximate surface area is 161 Å². The van der Waals surface area contributed by atoms with E-state index in [1.807, 2.05) is 48.5 Å². The van der Waals surface area contributed by atoms with Gasteiger partial charge in [0.1, 0.15) is 10.9 Å². The Hall–Kier alpha value is -2.73. The molecule has 0 amide bonds. The van der Waals surface area contributed by atoms with E-state index in [2.05, 4.69) is 16.3 Å². The van der Waals surface area contributed by atoms with Gasteiger partial charge in [-0.25, -0.2) is 15.0 Å². The Bertz CT molecular complexity index is 1070. The lowest BCUT2D eigenvalue weighted by Gasteiger charge is -2.07. The fourth-order valence-electron chi connectivity index (χ4n) is 3.61. The van der Waals surface area contributed by atoms with Gasteiger partial charge in [-0.15, -0.1) is 5.10 Å². The van der Waals surface area contributed by atoms with Crippen molar-refractivity contribution in [2.45, 2.75) is 41.8 Å². The van der Waals surface area contributed by atoms with Gasteiger partial charge in [-0.3, -0.25) is 5.10 Å². The molecule has 0 saturated heterocycles. The van der Waals surface area contributed by atoms with Crippen LogP contribution >= 0.6 is 11.8 Å². The zero-order valence-electron chi connectivity index (χ0n) is 14.8. The lowest BCUT2D eigenvalue weighted by atomic mass is 10.1. The highest BCUT2D eigenvalue weighted by Crippen LogP contribution is 2.35. The third-order valence-electron chi connectivity index (χ3n) is 5.01. The zero-order chi connectivity index (χ0) is 18.1. The summed E-state index contributed by atoms with van der Waals surface area (Å²) >= 11 is 1.50. The van der Waals surface area contributed by atoms with Crippen LogP contribution in [0.3, 0.4) is 0 Å². The van der Waals surface area contributed by atoms with Crippen molar-refractivity contribution >= 4 is 22.7 Å². The maximum atomic E-state index is 4.83. The van der Waals surface area contributed by atoms with Crippen molar-refractivity contribution in [1.82, 2.24) is 25.1 Å². The summed E-state index contributed by atoms with van der Waals surface area (Å²) < 4.78 is 0. The predicted molar refractivity (Wildman–Crippen MR) is 107 cm³/mol. The molecule has 4 aromatic rings. The highest BCUT2D eigenvalue weighted by atomic mass is 32.2. The van der Waals surface area contributed by atoms with Crippen LogP contribution in [0, 0.1) is 0 Å². The molecule has 1 fully saturated rings. The van der Waals surface area contributed by atoms with Gasteiger partial charge in [0.15, 0.2) is 5.82 Å². The van der Waals surface area contributed by atoms with E-state index >= 15 is 0 Å². The number of aromatic nitrogens is 5. The van der Waals surface area contributed by atoms with Gasteiger partial charge < -0.3 is 0 Å². The molecule has 0 aliphatic heterocycles. The first-order valence-electron chi connectivity index (χ1n) is 9.29. The van der Waals surface area contributed by atoms with Gasteiger partial charge in [-0.05, 0) is 30.7 Å². The quantitative estimate of drug-likeness (QED) is 0.497. The predicted octanol–water partition coefficient (Wildman–Crippen LogP) is 5.22. The molecule has 1 saturated carbocycles. The van der Waals surface area contributed by atoms with Crippen molar-refractivity contribution in [2.75, 3.05) is 0 Å². The molecular formula is C21H19N5S.